The van der Waals surface area contributed by atoms with Gasteiger partial charge in [-0.05, 0) is 47.5 Å². The molecule has 1 N–H and O–H groups in total. The summed E-state index contributed by atoms with van der Waals surface area (Å²) in [5.41, 5.74) is 2.15. The summed E-state index contributed by atoms with van der Waals surface area (Å²) in [6.07, 6.45) is 0. The van der Waals surface area contributed by atoms with Crippen molar-refractivity contribution in [1.29, 1.82) is 0 Å². The van der Waals surface area contributed by atoms with Gasteiger partial charge >= 0.3 is 5.97 Å². The Kier molecular flexibility index (Phi) is 7.05. The number of amides is 1. The average molecular weight is 405 g/mol. The second kappa shape index (κ2) is 10.1. The number of carbonyl (C=O) groups is 2. The molecule has 154 valence electrons. The van der Waals surface area contributed by atoms with E-state index < -0.39 is 11.9 Å². The van der Waals surface area contributed by atoms with Gasteiger partial charge in [-0.15, -0.1) is 0 Å². The summed E-state index contributed by atoms with van der Waals surface area (Å²) in [5.74, 6) is 0.384. The van der Waals surface area contributed by atoms with Gasteiger partial charge in [0.1, 0.15) is 11.5 Å². The number of carbonyl (C=O) groups excluding carboxylic acids is 2. The van der Waals surface area contributed by atoms with Gasteiger partial charge in [-0.1, -0.05) is 42.5 Å². The molecule has 30 heavy (non-hydrogen) atoms. The lowest BCUT2D eigenvalue weighted by molar-refractivity contribution is -0.124. The smallest absolute Gasteiger partial charge is 0.338 e. The lowest BCUT2D eigenvalue weighted by atomic mass is 9.98. The molecule has 1 atom stereocenters. The highest BCUT2D eigenvalue weighted by Gasteiger charge is 2.18. The normalized spacial score (nSPS) is 11.3. The molecule has 6 nitrogen and oxygen atoms in total. The number of hydrogen-bond acceptors (Lipinski definition) is 5. The molecule has 0 radical (unpaired) electrons. The van der Waals surface area contributed by atoms with Crippen LogP contribution < -0.4 is 14.8 Å². The van der Waals surface area contributed by atoms with E-state index in [0.29, 0.717) is 11.3 Å². The second-order valence-corrected chi connectivity index (χ2v) is 6.49. The highest BCUT2D eigenvalue weighted by Crippen LogP contribution is 2.24. The number of hydrogen-bond donors (Lipinski definition) is 1. The SMILES string of the molecule is COc1ccc(C(=O)OCC(=O)N[C@H](c2ccccc2)c2ccc(OC)cc2)cc1. The molecule has 0 bridgehead atoms. The number of methoxy groups -OCH3 is 2. The van der Waals surface area contributed by atoms with Crippen LogP contribution in [0.25, 0.3) is 0 Å². The molecule has 0 unspecified atom stereocenters. The van der Waals surface area contributed by atoms with Crippen molar-refractivity contribution < 1.29 is 23.8 Å². The number of rotatable bonds is 8. The molecule has 0 spiro atoms. The highest BCUT2D eigenvalue weighted by molar-refractivity contribution is 5.91. The Hall–Kier alpha value is -3.80. The van der Waals surface area contributed by atoms with Gasteiger partial charge in [0.25, 0.3) is 5.91 Å². The molecule has 3 rings (SSSR count). The van der Waals surface area contributed by atoms with Crippen LogP contribution in [0.2, 0.25) is 0 Å². The minimum absolute atomic E-state index is 0.346. The minimum atomic E-state index is -0.575. The zero-order chi connectivity index (χ0) is 21.3. The Morgan fingerprint density at radius 2 is 1.30 bits per heavy atom. The van der Waals surface area contributed by atoms with Crippen LogP contribution in [0.3, 0.4) is 0 Å². The van der Waals surface area contributed by atoms with Crippen LogP contribution in [0, 0.1) is 0 Å². The molecule has 0 fully saturated rings. The van der Waals surface area contributed by atoms with E-state index >= 15 is 0 Å². The van der Waals surface area contributed by atoms with Crippen molar-refractivity contribution in [3.05, 3.63) is 95.6 Å². The standard InChI is InChI=1S/C24H23NO5/c1-28-20-12-8-18(9-13-20)23(17-6-4-3-5-7-17)25-22(26)16-30-24(27)19-10-14-21(29-2)15-11-19/h3-15,23H,16H2,1-2H3,(H,25,26)/t23-/m1/s1. The van der Waals surface area contributed by atoms with Gasteiger partial charge in [0, 0.05) is 0 Å². The van der Waals surface area contributed by atoms with E-state index in [1.807, 2.05) is 54.6 Å². The molecule has 0 aliphatic heterocycles. The van der Waals surface area contributed by atoms with Crippen molar-refractivity contribution in [3.8, 4) is 11.5 Å². The predicted molar refractivity (Wildman–Crippen MR) is 113 cm³/mol. The molecule has 0 saturated heterocycles. The van der Waals surface area contributed by atoms with Crippen molar-refractivity contribution in [1.82, 2.24) is 5.32 Å². The molecular formula is C24H23NO5. The number of benzene rings is 3. The van der Waals surface area contributed by atoms with Gasteiger partial charge in [0.2, 0.25) is 0 Å². The van der Waals surface area contributed by atoms with Crippen molar-refractivity contribution >= 4 is 11.9 Å². The quantitative estimate of drug-likeness (QED) is 0.578. The number of esters is 1. The lowest BCUT2D eigenvalue weighted by Gasteiger charge is -2.20. The lowest BCUT2D eigenvalue weighted by Crippen LogP contribution is -2.33. The van der Waals surface area contributed by atoms with Crippen LogP contribution >= 0.6 is 0 Å². The molecule has 0 heterocycles. The summed E-state index contributed by atoms with van der Waals surface area (Å²) >= 11 is 0. The Bertz CT molecular complexity index is 969. The number of nitrogens with one attached hydrogen (secondary N) is 1. The summed E-state index contributed by atoms with van der Waals surface area (Å²) in [5, 5.41) is 2.94. The minimum Gasteiger partial charge on any atom is -0.497 e. The Morgan fingerprint density at radius 3 is 1.87 bits per heavy atom. The molecular weight excluding hydrogens is 382 g/mol. The molecule has 6 heteroatoms. The largest absolute Gasteiger partial charge is 0.497 e. The van der Waals surface area contributed by atoms with Crippen LogP contribution in [0.4, 0.5) is 0 Å². The van der Waals surface area contributed by atoms with Crippen LogP contribution in [0.15, 0.2) is 78.9 Å². The molecule has 0 saturated carbocycles. The van der Waals surface area contributed by atoms with Crippen LogP contribution in [0.5, 0.6) is 11.5 Å². The van der Waals surface area contributed by atoms with Gasteiger partial charge in [-0.2, -0.15) is 0 Å². The molecule has 0 aromatic heterocycles. The zero-order valence-corrected chi connectivity index (χ0v) is 16.8. The van der Waals surface area contributed by atoms with Crippen LogP contribution in [-0.4, -0.2) is 32.7 Å². The summed E-state index contributed by atoms with van der Waals surface area (Å²) in [6, 6.07) is 23.1. The predicted octanol–water partition coefficient (Wildman–Crippen LogP) is 3.77. The molecule has 0 aliphatic carbocycles. The first-order valence-corrected chi connectivity index (χ1v) is 9.40. The maximum absolute atomic E-state index is 12.5. The first kappa shape index (κ1) is 20.9. The fourth-order valence-electron chi connectivity index (χ4n) is 2.95. The second-order valence-electron chi connectivity index (χ2n) is 6.49. The fraction of sp³-hybridized carbons (Fsp3) is 0.167. The third-order valence-electron chi connectivity index (χ3n) is 4.55. The van der Waals surface area contributed by atoms with E-state index in [4.69, 9.17) is 14.2 Å². The summed E-state index contributed by atoms with van der Waals surface area (Å²) in [7, 11) is 3.15. The van der Waals surface area contributed by atoms with E-state index in [-0.39, 0.29) is 12.6 Å². The summed E-state index contributed by atoms with van der Waals surface area (Å²) < 4.78 is 15.4. The van der Waals surface area contributed by atoms with E-state index in [1.54, 1.807) is 38.5 Å². The Labute approximate surface area is 175 Å². The molecule has 0 aliphatic rings. The monoisotopic (exact) mass is 405 g/mol. The highest BCUT2D eigenvalue weighted by atomic mass is 16.5. The van der Waals surface area contributed by atoms with E-state index in [2.05, 4.69) is 5.32 Å². The Morgan fingerprint density at radius 1 is 0.767 bits per heavy atom. The average Bonchev–Trinajstić information content (AvgIpc) is 2.81. The van der Waals surface area contributed by atoms with Crippen molar-refractivity contribution in [2.45, 2.75) is 6.04 Å². The van der Waals surface area contributed by atoms with Crippen molar-refractivity contribution in [2.24, 2.45) is 0 Å². The summed E-state index contributed by atoms with van der Waals surface area (Å²) in [6.45, 7) is -0.385. The number of ether oxygens (including phenoxy) is 3. The molecule has 3 aromatic carbocycles. The molecule has 3 aromatic rings. The fourth-order valence-corrected chi connectivity index (χ4v) is 2.95. The van der Waals surface area contributed by atoms with E-state index in [0.717, 1.165) is 16.9 Å². The maximum Gasteiger partial charge on any atom is 0.338 e. The Balaban J connectivity index is 1.67. The first-order valence-electron chi connectivity index (χ1n) is 9.40. The van der Waals surface area contributed by atoms with Crippen LogP contribution in [-0.2, 0) is 9.53 Å². The van der Waals surface area contributed by atoms with Crippen molar-refractivity contribution in [2.75, 3.05) is 20.8 Å². The third-order valence-corrected chi connectivity index (χ3v) is 4.55. The summed E-state index contributed by atoms with van der Waals surface area (Å²) in [4.78, 5) is 24.7. The van der Waals surface area contributed by atoms with Crippen LogP contribution in [0.1, 0.15) is 27.5 Å². The van der Waals surface area contributed by atoms with Crippen molar-refractivity contribution in [3.63, 3.8) is 0 Å². The van der Waals surface area contributed by atoms with Gasteiger partial charge in [0.15, 0.2) is 6.61 Å². The zero-order valence-electron chi connectivity index (χ0n) is 16.8. The first-order chi connectivity index (χ1) is 14.6. The van der Waals surface area contributed by atoms with Gasteiger partial charge < -0.3 is 19.5 Å². The van der Waals surface area contributed by atoms with Gasteiger partial charge in [-0.3, -0.25) is 4.79 Å². The van der Waals surface area contributed by atoms with E-state index in [1.165, 1.54) is 0 Å². The molecule has 1 amide bonds. The topological polar surface area (TPSA) is 73.9 Å². The van der Waals surface area contributed by atoms with Gasteiger partial charge in [0.05, 0.1) is 25.8 Å². The third kappa shape index (κ3) is 5.38. The van der Waals surface area contributed by atoms with E-state index in [9.17, 15) is 9.59 Å². The maximum atomic E-state index is 12.5. The van der Waals surface area contributed by atoms with Gasteiger partial charge in [-0.25, -0.2) is 4.79 Å².